The molecule has 0 aromatic rings. The van der Waals surface area contributed by atoms with E-state index in [4.69, 9.17) is 24.7 Å². The molecule has 0 atom stereocenters. The molecule has 0 saturated heterocycles. The van der Waals surface area contributed by atoms with Gasteiger partial charge in [-0.15, -0.1) is 0 Å². The molecular formula is C19H41N3O5. The highest BCUT2D eigenvalue weighted by molar-refractivity contribution is 5.73. The minimum absolute atomic E-state index is 0.208. The molecule has 0 aliphatic heterocycles. The van der Waals surface area contributed by atoms with Crippen LogP contribution in [0.5, 0.6) is 0 Å². The summed E-state index contributed by atoms with van der Waals surface area (Å²) in [7, 11) is 1.66. The van der Waals surface area contributed by atoms with E-state index in [1.165, 1.54) is 19.3 Å². The van der Waals surface area contributed by atoms with E-state index < -0.39 is 0 Å². The zero-order valence-corrected chi connectivity index (χ0v) is 17.1. The van der Waals surface area contributed by atoms with Gasteiger partial charge in [0.2, 0.25) is 5.91 Å². The Morgan fingerprint density at radius 2 is 1.15 bits per heavy atom. The number of amides is 1. The van der Waals surface area contributed by atoms with Crippen LogP contribution >= 0.6 is 0 Å². The molecule has 4 N–H and O–H groups in total. The van der Waals surface area contributed by atoms with Gasteiger partial charge in [-0.3, -0.25) is 4.79 Å². The lowest BCUT2D eigenvalue weighted by Crippen LogP contribution is -2.22. The lowest BCUT2D eigenvalue weighted by Gasteiger charge is -2.08. The molecule has 162 valence electrons. The van der Waals surface area contributed by atoms with Gasteiger partial charge in [-0.05, 0) is 45.3 Å². The lowest BCUT2D eigenvalue weighted by molar-refractivity contribution is -0.118. The first-order valence-corrected chi connectivity index (χ1v) is 10.2. The van der Waals surface area contributed by atoms with Gasteiger partial charge in [0, 0.05) is 20.1 Å². The van der Waals surface area contributed by atoms with E-state index in [1.807, 2.05) is 0 Å². The van der Waals surface area contributed by atoms with Crippen LogP contribution in [0.1, 0.15) is 38.5 Å². The van der Waals surface area contributed by atoms with Gasteiger partial charge < -0.3 is 35.3 Å². The third-order valence-electron chi connectivity index (χ3n) is 3.83. The van der Waals surface area contributed by atoms with Crippen LogP contribution in [-0.2, 0) is 23.7 Å². The molecule has 0 aliphatic carbocycles. The van der Waals surface area contributed by atoms with Gasteiger partial charge in [-0.25, -0.2) is 0 Å². The first kappa shape index (κ1) is 26.2. The molecule has 1 amide bonds. The molecule has 8 nitrogen and oxygen atoms in total. The fourth-order valence-corrected chi connectivity index (χ4v) is 2.30. The maximum absolute atomic E-state index is 10.6. The summed E-state index contributed by atoms with van der Waals surface area (Å²) >= 11 is 0. The molecule has 0 fully saturated rings. The highest BCUT2D eigenvalue weighted by Crippen LogP contribution is 1.95. The van der Waals surface area contributed by atoms with Gasteiger partial charge in [0.05, 0.1) is 46.2 Å². The Hall–Kier alpha value is -0.770. The zero-order chi connectivity index (χ0) is 19.8. The van der Waals surface area contributed by atoms with Crippen molar-refractivity contribution in [3.63, 3.8) is 0 Å². The molecular weight excluding hydrogens is 350 g/mol. The van der Waals surface area contributed by atoms with E-state index in [2.05, 4.69) is 10.6 Å². The second-order valence-corrected chi connectivity index (χ2v) is 6.31. The van der Waals surface area contributed by atoms with Crippen molar-refractivity contribution in [2.24, 2.45) is 5.73 Å². The first-order valence-electron chi connectivity index (χ1n) is 10.2. The maximum Gasteiger partial charge on any atom is 0.217 e. The summed E-state index contributed by atoms with van der Waals surface area (Å²) in [5.74, 6) is -0.208. The second-order valence-electron chi connectivity index (χ2n) is 6.31. The molecule has 0 aromatic heterocycles. The number of nitrogens with two attached hydrogens (primary N) is 1. The number of ether oxygens (including phenoxy) is 4. The van der Waals surface area contributed by atoms with Crippen molar-refractivity contribution in [1.29, 1.82) is 0 Å². The molecule has 27 heavy (non-hydrogen) atoms. The Morgan fingerprint density at radius 1 is 0.667 bits per heavy atom. The Kier molecular flexibility index (Phi) is 22.6. The van der Waals surface area contributed by atoms with E-state index in [0.29, 0.717) is 52.7 Å². The number of carbonyl (C=O) groups is 1. The van der Waals surface area contributed by atoms with Gasteiger partial charge in [0.15, 0.2) is 0 Å². The summed E-state index contributed by atoms with van der Waals surface area (Å²) < 4.78 is 21.1. The molecule has 0 rings (SSSR count). The summed E-state index contributed by atoms with van der Waals surface area (Å²) in [6, 6.07) is 0. The SMILES string of the molecule is COCCOCCOCCOCCNCCCCCNCCCCC(N)=O. The number of methoxy groups -OCH3 is 1. The maximum atomic E-state index is 10.6. The fraction of sp³-hybridized carbons (Fsp3) is 0.947. The normalized spacial score (nSPS) is 11.1. The highest BCUT2D eigenvalue weighted by Gasteiger charge is 1.95. The number of unbranched alkanes of at least 4 members (excludes halogenated alkanes) is 3. The predicted molar refractivity (Wildman–Crippen MR) is 107 cm³/mol. The van der Waals surface area contributed by atoms with Crippen molar-refractivity contribution >= 4 is 5.91 Å². The minimum atomic E-state index is -0.208. The van der Waals surface area contributed by atoms with Gasteiger partial charge in [0.25, 0.3) is 0 Å². The lowest BCUT2D eigenvalue weighted by atomic mass is 10.2. The van der Waals surface area contributed by atoms with Crippen LogP contribution in [0.2, 0.25) is 0 Å². The summed E-state index contributed by atoms with van der Waals surface area (Å²) in [4.78, 5) is 10.6. The van der Waals surface area contributed by atoms with Gasteiger partial charge in [-0.1, -0.05) is 6.42 Å². The van der Waals surface area contributed by atoms with E-state index in [-0.39, 0.29) is 5.91 Å². The molecule has 0 bridgehead atoms. The molecule has 0 aliphatic rings. The number of rotatable bonds is 23. The minimum Gasteiger partial charge on any atom is -0.382 e. The summed E-state index contributed by atoms with van der Waals surface area (Å²) in [6.07, 6.45) is 5.95. The third-order valence-corrected chi connectivity index (χ3v) is 3.83. The average molecular weight is 392 g/mol. The van der Waals surface area contributed by atoms with Crippen molar-refractivity contribution < 1.29 is 23.7 Å². The van der Waals surface area contributed by atoms with E-state index in [9.17, 15) is 4.79 Å². The monoisotopic (exact) mass is 391 g/mol. The third kappa shape index (κ3) is 25.2. The number of primary amides is 1. The standard InChI is InChI=1S/C19H41N3O5/c1-24-13-14-26-17-18-27-16-15-25-12-11-22-9-5-2-4-8-21-10-6-3-7-19(20)23/h21-22H,2-18H2,1H3,(H2,20,23). The van der Waals surface area contributed by atoms with Crippen LogP contribution in [-0.4, -0.2) is 85.4 Å². The molecule has 0 heterocycles. The smallest absolute Gasteiger partial charge is 0.217 e. The van der Waals surface area contributed by atoms with Crippen molar-refractivity contribution in [3.05, 3.63) is 0 Å². The van der Waals surface area contributed by atoms with Crippen molar-refractivity contribution in [3.8, 4) is 0 Å². The summed E-state index contributed by atoms with van der Waals surface area (Å²) in [5, 5.41) is 6.78. The topological polar surface area (TPSA) is 104 Å². The van der Waals surface area contributed by atoms with Crippen molar-refractivity contribution in [1.82, 2.24) is 10.6 Å². The van der Waals surface area contributed by atoms with Crippen LogP contribution in [0, 0.1) is 0 Å². The van der Waals surface area contributed by atoms with E-state index >= 15 is 0 Å². The van der Waals surface area contributed by atoms with Crippen LogP contribution in [0.15, 0.2) is 0 Å². The fourth-order valence-electron chi connectivity index (χ4n) is 2.30. The number of nitrogens with one attached hydrogen (secondary N) is 2. The Morgan fingerprint density at radius 3 is 1.70 bits per heavy atom. The van der Waals surface area contributed by atoms with Gasteiger partial charge >= 0.3 is 0 Å². The first-order chi connectivity index (χ1) is 13.3. The Labute approximate surface area is 164 Å². The largest absolute Gasteiger partial charge is 0.382 e. The molecule has 8 heteroatoms. The summed E-state index contributed by atoms with van der Waals surface area (Å²) in [6.45, 7) is 8.24. The van der Waals surface area contributed by atoms with Crippen molar-refractivity contribution in [2.45, 2.75) is 38.5 Å². The molecule has 0 radical (unpaired) electrons. The highest BCUT2D eigenvalue weighted by atomic mass is 16.6. The second kappa shape index (κ2) is 23.3. The van der Waals surface area contributed by atoms with Crippen LogP contribution in [0.3, 0.4) is 0 Å². The van der Waals surface area contributed by atoms with Gasteiger partial charge in [0.1, 0.15) is 0 Å². The van der Waals surface area contributed by atoms with Crippen LogP contribution < -0.4 is 16.4 Å². The zero-order valence-electron chi connectivity index (χ0n) is 17.1. The van der Waals surface area contributed by atoms with E-state index in [0.717, 1.165) is 39.0 Å². The molecule has 0 saturated carbocycles. The molecule has 0 spiro atoms. The predicted octanol–water partition coefficient (Wildman–Crippen LogP) is 0.688. The van der Waals surface area contributed by atoms with E-state index in [1.54, 1.807) is 7.11 Å². The Balaban J connectivity index is 2.98. The van der Waals surface area contributed by atoms with Gasteiger partial charge in [-0.2, -0.15) is 0 Å². The molecule has 0 aromatic carbocycles. The number of hydrogen-bond donors (Lipinski definition) is 3. The average Bonchev–Trinajstić information content (AvgIpc) is 2.65. The summed E-state index contributed by atoms with van der Waals surface area (Å²) in [5.41, 5.74) is 5.10. The molecule has 0 unspecified atom stereocenters. The van der Waals surface area contributed by atoms with Crippen LogP contribution in [0.4, 0.5) is 0 Å². The van der Waals surface area contributed by atoms with Crippen LogP contribution in [0.25, 0.3) is 0 Å². The van der Waals surface area contributed by atoms with Crippen molar-refractivity contribution in [2.75, 3.05) is 79.5 Å². The number of hydrogen-bond acceptors (Lipinski definition) is 7. The number of carbonyl (C=O) groups excluding carboxylic acids is 1. The quantitative estimate of drug-likeness (QED) is 0.220. The Bertz CT molecular complexity index is 309.